The van der Waals surface area contributed by atoms with Crippen molar-refractivity contribution in [1.29, 1.82) is 5.41 Å². The van der Waals surface area contributed by atoms with Gasteiger partial charge in [0.2, 0.25) is 11.8 Å². The Hall–Kier alpha value is -1.57. The molecule has 1 atom stereocenters. The van der Waals surface area contributed by atoms with Crippen LogP contribution < -0.4 is 11.5 Å². The maximum absolute atomic E-state index is 11.9. The van der Waals surface area contributed by atoms with Crippen molar-refractivity contribution in [3.8, 4) is 0 Å². The highest BCUT2D eigenvalue weighted by molar-refractivity contribution is 8.14. The van der Waals surface area contributed by atoms with Gasteiger partial charge in [-0.2, -0.15) is 4.99 Å². The first-order valence-electron chi connectivity index (χ1n) is 5.20. The van der Waals surface area contributed by atoms with Gasteiger partial charge >= 0.3 is 0 Å². The highest BCUT2D eigenvalue weighted by Crippen LogP contribution is 2.35. The molecule has 8 heteroatoms. The molecule has 1 aliphatic carbocycles. The van der Waals surface area contributed by atoms with Crippen molar-refractivity contribution < 1.29 is 9.59 Å². The number of imide groups is 1. The molecular weight excluding hydrogens is 242 g/mol. The van der Waals surface area contributed by atoms with Crippen LogP contribution in [0.25, 0.3) is 0 Å². The van der Waals surface area contributed by atoms with Crippen molar-refractivity contribution in [3.05, 3.63) is 0 Å². The van der Waals surface area contributed by atoms with Gasteiger partial charge in [-0.1, -0.05) is 11.8 Å². The van der Waals surface area contributed by atoms with Crippen LogP contribution in [0.15, 0.2) is 4.99 Å². The Morgan fingerprint density at radius 1 is 1.41 bits per heavy atom. The maximum atomic E-state index is 11.9. The Morgan fingerprint density at radius 3 is 2.59 bits per heavy atom. The number of carbonyl (C=O) groups excluding carboxylic acids is 2. The third-order valence-electron chi connectivity index (χ3n) is 2.54. The predicted molar refractivity (Wildman–Crippen MR) is 64.4 cm³/mol. The molecule has 5 N–H and O–H groups in total. The summed E-state index contributed by atoms with van der Waals surface area (Å²) in [4.78, 5) is 28.4. The van der Waals surface area contributed by atoms with Crippen LogP contribution in [0.2, 0.25) is 0 Å². The molecule has 92 valence electrons. The first-order chi connectivity index (χ1) is 7.99. The molecule has 0 aromatic carbocycles. The third kappa shape index (κ3) is 2.57. The summed E-state index contributed by atoms with van der Waals surface area (Å²) in [5, 5.41) is 6.76. The molecule has 1 saturated heterocycles. The number of amidine groups is 1. The summed E-state index contributed by atoms with van der Waals surface area (Å²) in [6, 6.07) is 0.0814. The Balaban J connectivity index is 1.99. The molecule has 1 heterocycles. The van der Waals surface area contributed by atoms with Crippen LogP contribution in [0.5, 0.6) is 0 Å². The van der Waals surface area contributed by atoms with E-state index in [2.05, 4.69) is 4.99 Å². The summed E-state index contributed by atoms with van der Waals surface area (Å²) in [5.41, 5.74) is 10.3. The van der Waals surface area contributed by atoms with E-state index in [1.54, 1.807) is 0 Å². The number of nitrogens with two attached hydrogens (primary N) is 2. The average molecular weight is 255 g/mol. The van der Waals surface area contributed by atoms with E-state index in [0.717, 1.165) is 24.6 Å². The lowest BCUT2D eigenvalue weighted by atomic mass is 10.4. The quantitative estimate of drug-likeness (QED) is 0.339. The predicted octanol–water partition coefficient (Wildman–Crippen LogP) is -0.782. The Labute approximate surface area is 102 Å². The first kappa shape index (κ1) is 11.9. The van der Waals surface area contributed by atoms with Crippen LogP contribution in [0.3, 0.4) is 0 Å². The SMILES string of the molecule is N=C(N=C(N)N)SC1CC(=O)N(C2CC2)C1=O. The second kappa shape index (κ2) is 4.36. The van der Waals surface area contributed by atoms with E-state index in [1.807, 2.05) is 0 Å². The van der Waals surface area contributed by atoms with Crippen molar-refractivity contribution >= 4 is 34.7 Å². The fourth-order valence-electron chi connectivity index (χ4n) is 1.71. The zero-order chi connectivity index (χ0) is 12.6. The zero-order valence-corrected chi connectivity index (χ0v) is 9.87. The molecule has 2 fully saturated rings. The monoisotopic (exact) mass is 255 g/mol. The molecule has 1 aliphatic heterocycles. The van der Waals surface area contributed by atoms with Crippen LogP contribution in [-0.4, -0.2) is 39.1 Å². The van der Waals surface area contributed by atoms with E-state index in [1.165, 1.54) is 4.90 Å². The van der Waals surface area contributed by atoms with E-state index in [4.69, 9.17) is 16.9 Å². The number of thioether (sulfide) groups is 1. The topological polar surface area (TPSA) is 126 Å². The van der Waals surface area contributed by atoms with E-state index in [0.29, 0.717) is 0 Å². The van der Waals surface area contributed by atoms with E-state index in [-0.39, 0.29) is 35.4 Å². The molecular formula is C9H13N5O2S. The van der Waals surface area contributed by atoms with E-state index >= 15 is 0 Å². The number of hydrogen-bond donors (Lipinski definition) is 3. The standard InChI is InChI=1S/C9H13N5O2S/c10-8(11)13-9(12)17-5-3-6(15)14(7(5)16)4-1-2-4/h4-5H,1-3H2,(H5,10,11,12,13). The second-order valence-corrected chi connectivity index (χ2v) is 5.18. The smallest absolute Gasteiger partial charge is 0.243 e. The molecule has 2 rings (SSSR count). The minimum Gasteiger partial charge on any atom is -0.370 e. The van der Waals surface area contributed by atoms with Crippen molar-refractivity contribution in [1.82, 2.24) is 4.90 Å². The van der Waals surface area contributed by atoms with Gasteiger partial charge in [-0.3, -0.25) is 19.9 Å². The molecule has 0 radical (unpaired) electrons. The van der Waals surface area contributed by atoms with Crippen molar-refractivity contribution in [2.45, 2.75) is 30.6 Å². The first-order valence-corrected chi connectivity index (χ1v) is 6.07. The summed E-state index contributed by atoms with van der Waals surface area (Å²) in [7, 11) is 0. The Morgan fingerprint density at radius 2 is 2.06 bits per heavy atom. The lowest BCUT2D eigenvalue weighted by molar-refractivity contribution is -0.138. The van der Waals surface area contributed by atoms with Gasteiger partial charge in [-0.15, -0.1) is 0 Å². The number of nitrogens with zero attached hydrogens (tertiary/aromatic N) is 2. The van der Waals surface area contributed by atoms with Gasteiger partial charge in [0.05, 0.1) is 0 Å². The molecule has 0 aromatic heterocycles. The number of guanidine groups is 1. The second-order valence-electron chi connectivity index (χ2n) is 3.99. The number of rotatable bonds is 2. The van der Waals surface area contributed by atoms with Gasteiger partial charge in [0.15, 0.2) is 11.1 Å². The van der Waals surface area contributed by atoms with E-state index in [9.17, 15) is 9.59 Å². The highest BCUT2D eigenvalue weighted by atomic mass is 32.2. The molecule has 0 spiro atoms. The summed E-state index contributed by atoms with van der Waals surface area (Å²) in [6.07, 6.45) is 1.91. The van der Waals surface area contributed by atoms with Crippen LogP contribution in [0, 0.1) is 5.41 Å². The van der Waals surface area contributed by atoms with Gasteiger partial charge in [-0.05, 0) is 12.8 Å². The Bertz CT molecular complexity index is 414. The summed E-state index contributed by atoms with van der Waals surface area (Å²) in [5.74, 6) is -0.608. The van der Waals surface area contributed by atoms with Crippen LogP contribution in [0.1, 0.15) is 19.3 Å². The van der Waals surface area contributed by atoms with E-state index < -0.39 is 5.25 Å². The molecule has 7 nitrogen and oxygen atoms in total. The molecule has 1 unspecified atom stereocenters. The van der Waals surface area contributed by atoms with Crippen molar-refractivity contribution in [2.24, 2.45) is 16.5 Å². The van der Waals surface area contributed by atoms with Crippen LogP contribution in [0.4, 0.5) is 0 Å². The van der Waals surface area contributed by atoms with Crippen LogP contribution >= 0.6 is 11.8 Å². The zero-order valence-electron chi connectivity index (χ0n) is 9.05. The van der Waals surface area contributed by atoms with Gasteiger partial charge in [0, 0.05) is 12.5 Å². The van der Waals surface area contributed by atoms with Crippen LogP contribution in [-0.2, 0) is 9.59 Å². The molecule has 2 aliphatic rings. The largest absolute Gasteiger partial charge is 0.370 e. The molecule has 1 saturated carbocycles. The lowest BCUT2D eigenvalue weighted by Crippen LogP contribution is -2.33. The van der Waals surface area contributed by atoms with Gasteiger partial charge in [0.1, 0.15) is 5.25 Å². The minimum atomic E-state index is -0.557. The minimum absolute atomic E-state index is 0.0814. The fraction of sp³-hybridized carbons (Fsp3) is 0.556. The highest BCUT2D eigenvalue weighted by Gasteiger charge is 2.46. The fourth-order valence-corrected chi connectivity index (χ4v) is 2.58. The normalized spacial score (nSPS) is 24.0. The molecule has 0 aromatic rings. The van der Waals surface area contributed by atoms with Crippen molar-refractivity contribution in [2.75, 3.05) is 0 Å². The number of likely N-dealkylation sites (tertiary alicyclic amines) is 1. The van der Waals surface area contributed by atoms with Gasteiger partial charge in [0.25, 0.3) is 0 Å². The maximum Gasteiger partial charge on any atom is 0.243 e. The number of nitrogens with one attached hydrogen (secondary N) is 1. The summed E-state index contributed by atoms with van der Waals surface area (Å²) in [6.45, 7) is 0. The van der Waals surface area contributed by atoms with Gasteiger partial charge < -0.3 is 11.5 Å². The third-order valence-corrected chi connectivity index (χ3v) is 3.51. The summed E-state index contributed by atoms with van der Waals surface area (Å²) < 4.78 is 0. The number of hydrogen-bond acceptors (Lipinski definition) is 4. The number of amides is 2. The molecule has 2 amide bonds. The van der Waals surface area contributed by atoms with Crippen molar-refractivity contribution in [3.63, 3.8) is 0 Å². The lowest BCUT2D eigenvalue weighted by Gasteiger charge is -2.12. The Kier molecular flexibility index (Phi) is 3.05. The number of carbonyl (C=O) groups is 2. The molecule has 0 bridgehead atoms. The summed E-state index contributed by atoms with van der Waals surface area (Å²) >= 11 is 0.920. The average Bonchev–Trinajstić information content (AvgIpc) is 2.95. The molecule has 17 heavy (non-hydrogen) atoms. The van der Waals surface area contributed by atoms with Gasteiger partial charge in [-0.25, -0.2) is 0 Å². The number of aliphatic imine (C=N–C) groups is 1.